The smallest absolute Gasteiger partial charge is 0.336 e. The molecular formula is C24H25NO4. The van der Waals surface area contributed by atoms with E-state index < -0.39 is 11.7 Å². The molecule has 150 valence electrons. The minimum atomic E-state index is -0.600. The van der Waals surface area contributed by atoms with Crippen LogP contribution in [0.3, 0.4) is 0 Å². The molecule has 1 aliphatic heterocycles. The maximum Gasteiger partial charge on any atom is 0.336 e. The molecule has 2 unspecified atom stereocenters. The van der Waals surface area contributed by atoms with Crippen molar-refractivity contribution in [2.75, 3.05) is 6.54 Å². The summed E-state index contributed by atoms with van der Waals surface area (Å²) in [6.07, 6.45) is 2.62. The van der Waals surface area contributed by atoms with E-state index in [0.717, 1.165) is 42.3 Å². The average Bonchev–Trinajstić information content (AvgIpc) is 2.73. The van der Waals surface area contributed by atoms with Gasteiger partial charge >= 0.3 is 5.63 Å². The zero-order valence-electron chi connectivity index (χ0n) is 16.8. The van der Waals surface area contributed by atoms with Crippen LogP contribution in [-0.2, 0) is 4.79 Å². The maximum absolute atomic E-state index is 12.8. The van der Waals surface area contributed by atoms with Gasteiger partial charge in [0.15, 0.2) is 6.10 Å². The van der Waals surface area contributed by atoms with Crippen LogP contribution in [0, 0.1) is 0 Å². The number of piperidine rings is 1. The van der Waals surface area contributed by atoms with E-state index in [9.17, 15) is 9.59 Å². The van der Waals surface area contributed by atoms with E-state index >= 15 is 0 Å². The lowest BCUT2D eigenvalue weighted by molar-refractivity contribution is -0.141. The molecule has 1 amide bonds. The number of amides is 1. The molecule has 0 spiro atoms. The molecule has 1 aromatic heterocycles. The number of carbonyl (C=O) groups excluding carboxylic acids is 1. The Kier molecular flexibility index (Phi) is 5.38. The molecule has 2 heterocycles. The van der Waals surface area contributed by atoms with Crippen LogP contribution in [0.4, 0.5) is 0 Å². The Balaban J connectivity index is 1.61. The van der Waals surface area contributed by atoms with Gasteiger partial charge in [0, 0.05) is 30.1 Å². The molecule has 1 saturated heterocycles. The summed E-state index contributed by atoms with van der Waals surface area (Å²) in [5.74, 6) is 0.508. The largest absolute Gasteiger partial charge is 0.481 e. The first-order valence-corrected chi connectivity index (χ1v) is 10.1. The summed E-state index contributed by atoms with van der Waals surface area (Å²) in [6.45, 7) is 4.63. The Labute approximate surface area is 169 Å². The zero-order chi connectivity index (χ0) is 20.4. The van der Waals surface area contributed by atoms with E-state index in [1.54, 1.807) is 13.0 Å². The molecule has 1 aliphatic rings. The molecule has 3 aromatic rings. The predicted molar refractivity (Wildman–Crippen MR) is 113 cm³/mol. The van der Waals surface area contributed by atoms with Gasteiger partial charge in [-0.2, -0.15) is 0 Å². The highest BCUT2D eigenvalue weighted by Crippen LogP contribution is 2.30. The summed E-state index contributed by atoms with van der Waals surface area (Å²) in [7, 11) is 0. The third kappa shape index (κ3) is 4.04. The highest BCUT2D eigenvalue weighted by molar-refractivity contribution is 5.93. The molecule has 0 radical (unpaired) electrons. The summed E-state index contributed by atoms with van der Waals surface area (Å²) in [5.41, 5.74) is 1.79. The number of carbonyl (C=O) groups is 1. The normalized spacial score (nSPS) is 17.9. The van der Waals surface area contributed by atoms with Gasteiger partial charge in [-0.05, 0) is 56.4 Å². The van der Waals surface area contributed by atoms with Crippen molar-refractivity contribution in [3.8, 4) is 16.9 Å². The maximum atomic E-state index is 12.8. The molecule has 1 fully saturated rings. The Morgan fingerprint density at radius 2 is 1.93 bits per heavy atom. The van der Waals surface area contributed by atoms with Gasteiger partial charge in [0.25, 0.3) is 5.91 Å². The second kappa shape index (κ2) is 8.11. The zero-order valence-corrected chi connectivity index (χ0v) is 16.8. The van der Waals surface area contributed by atoms with E-state index in [0.29, 0.717) is 11.3 Å². The molecule has 2 aromatic carbocycles. The fraction of sp³-hybridized carbons (Fsp3) is 0.333. The summed E-state index contributed by atoms with van der Waals surface area (Å²) in [6, 6.07) is 16.8. The van der Waals surface area contributed by atoms with Crippen molar-refractivity contribution in [1.29, 1.82) is 0 Å². The van der Waals surface area contributed by atoms with Crippen LogP contribution in [0.5, 0.6) is 5.75 Å². The molecule has 0 saturated carbocycles. The molecule has 29 heavy (non-hydrogen) atoms. The summed E-state index contributed by atoms with van der Waals surface area (Å²) in [4.78, 5) is 26.8. The van der Waals surface area contributed by atoms with Gasteiger partial charge in [-0.1, -0.05) is 30.3 Å². The fourth-order valence-electron chi connectivity index (χ4n) is 3.99. The Bertz CT molecular complexity index is 1070. The minimum Gasteiger partial charge on any atom is -0.481 e. The van der Waals surface area contributed by atoms with E-state index in [4.69, 9.17) is 9.15 Å². The van der Waals surface area contributed by atoms with Crippen LogP contribution in [0.1, 0.15) is 33.1 Å². The van der Waals surface area contributed by atoms with Crippen molar-refractivity contribution in [3.63, 3.8) is 0 Å². The highest BCUT2D eigenvalue weighted by atomic mass is 16.5. The van der Waals surface area contributed by atoms with Crippen LogP contribution < -0.4 is 10.4 Å². The monoisotopic (exact) mass is 391 g/mol. The van der Waals surface area contributed by atoms with Gasteiger partial charge in [-0.15, -0.1) is 0 Å². The van der Waals surface area contributed by atoms with Gasteiger partial charge in [-0.3, -0.25) is 4.79 Å². The van der Waals surface area contributed by atoms with Crippen LogP contribution in [0.15, 0.2) is 63.8 Å². The number of fused-ring (bicyclic) bond motifs is 1. The lowest BCUT2D eigenvalue weighted by Gasteiger charge is -2.35. The van der Waals surface area contributed by atoms with E-state index in [-0.39, 0.29) is 11.9 Å². The second-order valence-corrected chi connectivity index (χ2v) is 7.64. The van der Waals surface area contributed by atoms with E-state index in [1.807, 2.05) is 47.4 Å². The van der Waals surface area contributed by atoms with Crippen molar-refractivity contribution in [1.82, 2.24) is 4.90 Å². The molecule has 4 rings (SSSR count). The highest BCUT2D eigenvalue weighted by Gasteiger charge is 2.28. The third-order valence-corrected chi connectivity index (χ3v) is 5.55. The number of hydrogen-bond acceptors (Lipinski definition) is 4. The number of rotatable bonds is 4. The van der Waals surface area contributed by atoms with Gasteiger partial charge in [0.1, 0.15) is 11.3 Å². The molecular weight excluding hydrogens is 366 g/mol. The standard InChI is InChI=1S/C24H25NO4/c1-16-8-6-7-13-25(16)24(27)17(2)28-19-11-12-20-21(18-9-4-3-5-10-18)15-23(26)29-22(20)14-19/h3-5,9-12,14-17H,6-8,13H2,1-2H3. The number of ether oxygens (including phenoxy) is 1. The van der Waals surface area contributed by atoms with Crippen molar-refractivity contribution in [3.05, 3.63) is 65.0 Å². The van der Waals surface area contributed by atoms with Gasteiger partial charge in [0.2, 0.25) is 0 Å². The van der Waals surface area contributed by atoms with Crippen LogP contribution in [0.25, 0.3) is 22.1 Å². The lowest BCUT2D eigenvalue weighted by Crippen LogP contribution is -2.47. The molecule has 2 atom stereocenters. The number of hydrogen-bond donors (Lipinski definition) is 0. The average molecular weight is 391 g/mol. The number of nitrogens with zero attached hydrogens (tertiary/aromatic N) is 1. The molecule has 5 heteroatoms. The van der Waals surface area contributed by atoms with Crippen LogP contribution in [0.2, 0.25) is 0 Å². The molecule has 0 bridgehead atoms. The van der Waals surface area contributed by atoms with Crippen LogP contribution in [-0.4, -0.2) is 29.5 Å². The summed E-state index contributed by atoms with van der Waals surface area (Å²) < 4.78 is 11.3. The topological polar surface area (TPSA) is 59.8 Å². The van der Waals surface area contributed by atoms with E-state index in [1.165, 1.54) is 6.07 Å². The van der Waals surface area contributed by atoms with Crippen molar-refractivity contribution in [2.24, 2.45) is 0 Å². The molecule has 0 aliphatic carbocycles. The number of benzene rings is 2. The number of likely N-dealkylation sites (tertiary alicyclic amines) is 1. The Morgan fingerprint density at radius 1 is 1.14 bits per heavy atom. The first-order valence-electron chi connectivity index (χ1n) is 10.1. The summed E-state index contributed by atoms with van der Waals surface area (Å²) >= 11 is 0. The predicted octanol–water partition coefficient (Wildman–Crippen LogP) is 4.63. The van der Waals surface area contributed by atoms with E-state index in [2.05, 4.69) is 6.92 Å². The van der Waals surface area contributed by atoms with Gasteiger partial charge in [0.05, 0.1) is 0 Å². The fourth-order valence-corrected chi connectivity index (χ4v) is 3.99. The lowest BCUT2D eigenvalue weighted by atomic mass is 10.0. The quantitative estimate of drug-likeness (QED) is 0.609. The van der Waals surface area contributed by atoms with Crippen molar-refractivity contribution in [2.45, 2.75) is 45.3 Å². The third-order valence-electron chi connectivity index (χ3n) is 5.55. The first kappa shape index (κ1) is 19.2. The van der Waals surface area contributed by atoms with Crippen molar-refractivity contribution < 1.29 is 13.9 Å². The Morgan fingerprint density at radius 3 is 2.69 bits per heavy atom. The van der Waals surface area contributed by atoms with Crippen molar-refractivity contribution >= 4 is 16.9 Å². The first-order chi connectivity index (χ1) is 14.0. The molecule has 5 nitrogen and oxygen atoms in total. The second-order valence-electron chi connectivity index (χ2n) is 7.64. The minimum absolute atomic E-state index is 0.00298. The Hall–Kier alpha value is -3.08. The SMILES string of the molecule is CC(Oc1ccc2c(-c3ccccc3)cc(=O)oc2c1)C(=O)N1CCCCC1C. The molecule has 0 N–H and O–H groups in total. The van der Waals surface area contributed by atoms with Gasteiger partial charge in [-0.25, -0.2) is 4.79 Å². The summed E-state index contributed by atoms with van der Waals surface area (Å²) in [5, 5.41) is 0.826. The van der Waals surface area contributed by atoms with Crippen LogP contribution >= 0.6 is 0 Å². The van der Waals surface area contributed by atoms with Gasteiger partial charge < -0.3 is 14.1 Å².